The van der Waals surface area contributed by atoms with Gasteiger partial charge < -0.3 is 9.88 Å². The Kier molecular flexibility index (Phi) is 5.03. The summed E-state index contributed by atoms with van der Waals surface area (Å²) < 4.78 is 27.4. The normalized spacial score (nSPS) is 16.2. The summed E-state index contributed by atoms with van der Waals surface area (Å²) in [6, 6.07) is 10.8. The number of sulfonamides is 1. The molecular formula is C18H16Cl3N3O2S. The molecule has 1 fully saturated rings. The molecule has 4 rings (SSSR count). The molecule has 0 spiro atoms. The SMILES string of the molecule is O=S(=O)(c1cc(Cl)c(Cl)cc1Cl)N1CCN(c2cccc3[nH]ccc23)CC1. The number of H-pyrrole nitrogens is 1. The van der Waals surface area contributed by atoms with E-state index in [1.165, 1.54) is 16.4 Å². The van der Waals surface area contributed by atoms with Gasteiger partial charge in [-0.2, -0.15) is 4.31 Å². The number of nitrogens with zero attached hydrogens (tertiary/aromatic N) is 2. The monoisotopic (exact) mass is 443 g/mol. The predicted octanol–water partition coefficient (Wildman–Crippen LogP) is 4.64. The molecule has 1 saturated heterocycles. The second-order valence-corrected chi connectivity index (χ2v) is 9.43. The van der Waals surface area contributed by atoms with Gasteiger partial charge >= 0.3 is 0 Å². The third kappa shape index (κ3) is 3.41. The fourth-order valence-corrected chi connectivity index (χ4v) is 5.75. The molecule has 3 aromatic rings. The summed E-state index contributed by atoms with van der Waals surface area (Å²) in [5.41, 5.74) is 2.16. The number of piperazine rings is 1. The van der Waals surface area contributed by atoms with E-state index in [-0.39, 0.29) is 20.0 Å². The van der Waals surface area contributed by atoms with E-state index in [9.17, 15) is 8.42 Å². The molecule has 0 amide bonds. The summed E-state index contributed by atoms with van der Waals surface area (Å²) in [6.07, 6.45) is 1.90. The minimum Gasteiger partial charge on any atom is -0.368 e. The summed E-state index contributed by atoms with van der Waals surface area (Å²) in [7, 11) is -3.74. The van der Waals surface area contributed by atoms with Crippen LogP contribution in [0.1, 0.15) is 0 Å². The lowest BCUT2D eigenvalue weighted by atomic mass is 10.2. The van der Waals surface area contributed by atoms with Gasteiger partial charge in [-0.3, -0.25) is 0 Å². The van der Waals surface area contributed by atoms with Crippen LogP contribution in [0.5, 0.6) is 0 Å². The third-order valence-electron chi connectivity index (χ3n) is 4.74. The van der Waals surface area contributed by atoms with Crippen molar-refractivity contribution < 1.29 is 8.42 Å². The Morgan fingerprint density at radius 1 is 0.889 bits per heavy atom. The number of halogens is 3. The molecule has 1 aliphatic heterocycles. The van der Waals surface area contributed by atoms with Crippen molar-refractivity contribution in [2.45, 2.75) is 4.90 Å². The van der Waals surface area contributed by atoms with Crippen molar-refractivity contribution in [3.8, 4) is 0 Å². The maximum absolute atomic E-state index is 13.0. The van der Waals surface area contributed by atoms with Crippen LogP contribution < -0.4 is 4.90 Å². The first-order valence-electron chi connectivity index (χ1n) is 8.33. The van der Waals surface area contributed by atoms with Gasteiger partial charge in [0, 0.05) is 49.0 Å². The van der Waals surface area contributed by atoms with Gasteiger partial charge in [0.25, 0.3) is 0 Å². The van der Waals surface area contributed by atoms with E-state index in [0.717, 1.165) is 16.6 Å². The fraction of sp³-hybridized carbons (Fsp3) is 0.222. The first-order valence-corrected chi connectivity index (χ1v) is 10.9. The van der Waals surface area contributed by atoms with Crippen molar-refractivity contribution in [1.82, 2.24) is 9.29 Å². The minimum absolute atomic E-state index is 0.0141. The van der Waals surface area contributed by atoms with Gasteiger partial charge in [0.1, 0.15) is 4.90 Å². The molecule has 0 saturated carbocycles. The standard InChI is InChI=1S/C18H16Cl3N3O2S/c19-13-10-15(21)18(11-14(13)20)27(25,26)24-8-6-23(7-9-24)17-3-1-2-16-12(17)4-5-22-16/h1-5,10-11,22H,6-9H2. The molecule has 142 valence electrons. The van der Waals surface area contributed by atoms with Crippen molar-refractivity contribution in [1.29, 1.82) is 0 Å². The van der Waals surface area contributed by atoms with E-state index in [2.05, 4.69) is 16.0 Å². The first-order chi connectivity index (χ1) is 12.9. The van der Waals surface area contributed by atoms with Crippen LogP contribution in [0, 0.1) is 0 Å². The molecular weight excluding hydrogens is 429 g/mol. The van der Waals surface area contributed by atoms with Crippen molar-refractivity contribution in [2.24, 2.45) is 0 Å². The van der Waals surface area contributed by atoms with Crippen LogP contribution in [0.25, 0.3) is 10.9 Å². The number of fused-ring (bicyclic) bond motifs is 1. The molecule has 2 aromatic carbocycles. The van der Waals surface area contributed by atoms with Gasteiger partial charge in [-0.15, -0.1) is 0 Å². The van der Waals surface area contributed by atoms with Gasteiger partial charge in [-0.1, -0.05) is 40.9 Å². The lowest BCUT2D eigenvalue weighted by molar-refractivity contribution is 0.385. The van der Waals surface area contributed by atoms with E-state index >= 15 is 0 Å². The summed E-state index contributed by atoms with van der Waals surface area (Å²) in [6.45, 7) is 1.89. The van der Waals surface area contributed by atoms with Gasteiger partial charge in [0.2, 0.25) is 10.0 Å². The molecule has 0 atom stereocenters. The molecule has 27 heavy (non-hydrogen) atoms. The smallest absolute Gasteiger partial charge is 0.244 e. The third-order valence-corrected chi connectivity index (χ3v) is 7.83. The number of nitrogens with one attached hydrogen (secondary N) is 1. The number of anilines is 1. The molecule has 0 aliphatic carbocycles. The molecule has 0 radical (unpaired) electrons. The Balaban J connectivity index is 1.57. The Morgan fingerprint density at radius 2 is 1.59 bits per heavy atom. The Morgan fingerprint density at radius 3 is 2.33 bits per heavy atom. The number of aromatic amines is 1. The lowest BCUT2D eigenvalue weighted by Crippen LogP contribution is -2.48. The van der Waals surface area contributed by atoms with Crippen LogP contribution in [0.3, 0.4) is 0 Å². The molecule has 2 heterocycles. The van der Waals surface area contributed by atoms with Crippen LogP contribution in [-0.2, 0) is 10.0 Å². The number of aromatic nitrogens is 1. The van der Waals surface area contributed by atoms with E-state index in [1.807, 2.05) is 24.4 Å². The van der Waals surface area contributed by atoms with Crippen molar-refractivity contribution in [2.75, 3.05) is 31.1 Å². The van der Waals surface area contributed by atoms with Crippen molar-refractivity contribution in [3.63, 3.8) is 0 Å². The van der Waals surface area contributed by atoms with E-state index < -0.39 is 10.0 Å². The Hall–Kier alpha value is -1.44. The quantitative estimate of drug-likeness (QED) is 0.599. The van der Waals surface area contributed by atoms with Gasteiger partial charge in [0.15, 0.2) is 0 Å². The highest BCUT2D eigenvalue weighted by Gasteiger charge is 2.31. The summed E-state index contributed by atoms with van der Waals surface area (Å²) in [4.78, 5) is 5.38. The highest BCUT2D eigenvalue weighted by Crippen LogP contribution is 2.34. The van der Waals surface area contributed by atoms with Crippen LogP contribution in [0.4, 0.5) is 5.69 Å². The molecule has 0 unspecified atom stereocenters. The number of hydrogen-bond acceptors (Lipinski definition) is 3. The highest BCUT2D eigenvalue weighted by molar-refractivity contribution is 7.89. The minimum atomic E-state index is -3.74. The summed E-state index contributed by atoms with van der Waals surface area (Å²) >= 11 is 18.0. The van der Waals surface area contributed by atoms with Gasteiger partial charge in [0.05, 0.1) is 15.1 Å². The average Bonchev–Trinajstić information content (AvgIpc) is 3.13. The van der Waals surface area contributed by atoms with E-state index in [4.69, 9.17) is 34.8 Å². The van der Waals surface area contributed by atoms with Crippen LogP contribution in [-0.4, -0.2) is 43.9 Å². The highest BCUT2D eigenvalue weighted by atomic mass is 35.5. The van der Waals surface area contributed by atoms with E-state index in [1.54, 1.807) is 0 Å². The fourth-order valence-electron chi connectivity index (χ4n) is 3.36. The number of benzene rings is 2. The molecule has 0 bridgehead atoms. The zero-order chi connectivity index (χ0) is 19.2. The maximum atomic E-state index is 13.0. The van der Waals surface area contributed by atoms with Crippen LogP contribution in [0.15, 0.2) is 47.5 Å². The van der Waals surface area contributed by atoms with Gasteiger partial charge in [-0.05, 0) is 30.3 Å². The molecule has 5 nitrogen and oxygen atoms in total. The van der Waals surface area contributed by atoms with Crippen molar-refractivity contribution >= 4 is 61.4 Å². The van der Waals surface area contributed by atoms with Crippen LogP contribution in [0.2, 0.25) is 15.1 Å². The number of rotatable bonds is 3. The first kappa shape index (κ1) is 18.9. The largest absolute Gasteiger partial charge is 0.368 e. The molecule has 1 aromatic heterocycles. The van der Waals surface area contributed by atoms with Gasteiger partial charge in [-0.25, -0.2) is 8.42 Å². The number of hydrogen-bond donors (Lipinski definition) is 1. The molecule has 9 heteroatoms. The van der Waals surface area contributed by atoms with Crippen molar-refractivity contribution in [3.05, 3.63) is 57.7 Å². The topological polar surface area (TPSA) is 56.4 Å². The summed E-state index contributed by atoms with van der Waals surface area (Å²) in [5.74, 6) is 0. The van der Waals surface area contributed by atoms with E-state index in [0.29, 0.717) is 26.2 Å². The predicted molar refractivity (Wildman–Crippen MR) is 111 cm³/mol. The zero-order valence-electron chi connectivity index (χ0n) is 14.1. The molecule has 1 aliphatic rings. The Labute approximate surface area is 172 Å². The average molecular weight is 445 g/mol. The molecule has 1 N–H and O–H groups in total. The second-order valence-electron chi connectivity index (χ2n) is 6.30. The lowest BCUT2D eigenvalue weighted by Gasteiger charge is -2.35. The zero-order valence-corrected chi connectivity index (χ0v) is 17.2. The van der Waals surface area contributed by atoms with Crippen LogP contribution >= 0.6 is 34.8 Å². The maximum Gasteiger partial charge on any atom is 0.244 e. The second kappa shape index (κ2) is 7.18. The Bertz CT molecular complexity index is 1110. The summed E-state index contributed by atoms with van der Waals surface area (Å²) in [5, 5.41) is 1.59.